The minimum atomic E-state index is -0.551. The predicted molar refractivity (Wildman–Crippen MR) is 68.2 cm³/mol. The van der Waals surface area contributed by atoms with Gasteiger partial charge in [-0.15, -0.1) is 0 Å². The summed E-state index contributed by atoms with van der Waals surface area (Å²) in [5.41, 5.74) is 6.11. The van der Waals surface area contributed by atoms with E-state index in [2.05, 4.69) is 0 Å². The minimum absolute atomic E-state index is 0.119. The standard InChI is InChI=1S/C12H15Cl2NO/c1-12(2,3)11(15)10(16)7-4-5-8(13)9(14)6-7/h4-6,11H,15H2,1-3H3. The molecule has 88 valence electrons. The molecule has 0 aliphatic carbocycles. The van der Waals surface area contributed by atoms with E-state index in [1.807, 2.05) is 20.8 Å². The van der Waals surface area contributed by atoms with E-state index >= 15 is 0 Å². The highest BCUT2D eigenvalue weighted by Crippen LogP contribution is 2.25. The maximum Gasteiger partial charge on any atom is 0.180 e. The van der Waals surface area contributed by atoms with Crippen LogP contribution in [0.1, 0.15) is 31.1 Å². The fraction of sp³-hybridized carbons (Fsp3) is 0.417. The average Bonchev–Trinajstić information content (AvgIpc) is 2.18. The molecule has 1 aromatic carbocycles. The number of hydrogen-bond acceptors (Lipinski definition) is 2. The van der Waals surface area contributed by atoms with E-state index in [9.17, 15) is 4.79 Å². The van der Waals surface area contributed by atoms with Crippen molar-refractivity contribution < 1.29 is 4.79 Å². The van der Waals surface area contributed by atoms with Crippen LogP contribution in [0.15, 0.2) is 18.2 Å². The Morgan fingerprint density at radius 1 is 1.25 bits per heavy atom. The zero-order valence-corrected chi connectivity index (χ0v) is 11.1. The monoisotopic (exact) mass is 259 g/mol. The van der Waals surface area contributed by atoms with Crippen LogP contribution in [0.4, 0.5) is 0 Å². The van der Waals surface area contributed by atoms with E-state index in [-0.39, 0.29) is 11.2 Å². The molecule has 0 heterocycles. The summed E-state index contributed by atoms with van der Waals surface area (Å²) >= 11 is 11.6. The first-order valence-electron chi connectivity index (χ1n) is 4.98. The van der Waals surface area contributed by atoms with E-state index < -0.39 is 6.04 Å². The number of rotatable bonds is 2. The second-order valence-corrected chi connectivity index (χ2v) is 5.65. The van der Waals surface area contributed by atoms with E-state index in [4.69, 9.17) is 28.9 Å². The summed E-state index contributed by atoms with van der Waals surface area (Å²) < 4.78 is 0. The van der Waals surface area contributed by atoms with Gasteiger partial charge < -0.3 is 5.73 Å². The van der Waals surface area contributed by atoms with Gasteiger partial charge in [-0.1, -0.05) is 44.0 Å². The molecule has 0 amide bonds. The van der Waals surface area contributed by atoms with Gasteiger partial charge in [0.15, 0.2) is 5.78 Å². The molecule has 2 N–H and O–H groups in total. The minimum Gasteiger partial charge on any atom is -0.321 e. The molecule has 0 fully saturated rings. The highest BCUT2D eigenvalue weighted by molar-refractivity contribution is 6.42. The van der Waals surface area contributed by atoms with E-state index in [0.717, 1.165) is 0 Å². The molecule has 1 aromatic rings. The third kappa shape index (κ3) is 2.97. The number of hydrogen-bond donors (Lipinski definition) is 1. The smallest absolute Gasteiger partial charge is 0.180 e. The molecule has 0 aromatic heterocycles. The van der Waals surface area contributed by atoms with Crippen molar-refractivity contribution in [1.82, 2.24) is 0 Å². The van der Waals surface area contributed by atoms with Gasteiger partial charge in [-0.3, -0.25) is 4.79 Å². The van der Waals surface area contributed by atoms with E-state index in [1.54, 1.807) is 18.2 Å². The highest BCUT2D eigenvalue weighted by atomic mass is 35.5. The largest absolute Gasteiger partial charge is 0.321 e. The molecular formula is C12H15Cl2NO. The fourth-order valence-corrected chi connectivity index (χ4v) is 1.52. The van der Waals surface area contributed by atoms with Crippen LogP contribution in [-0.2, 0) is 0 Å². The van der Waals surface area contributed by atoms with Crippen molar-refractivity contribution in [2.24, 2.45) is 11.1 Å². The van der Waals surface area contributed by atoms with E-state index in [0.29, 0.717) is 15.6 Å². The first-order valence-corrected chi connectivity index (χ1v) is 5.74. The number of carbonyl (C=O) groups excluding carboxylic acids is 1. The molecule has 0 saturated carbocycles. The fourth-order valence-electron chi connectivity index (χ4n) is 1.22. The first kappa shape index (κ1) is 13.5. The lowest BCUT2D eigenvalue weighted by Crippen LogP contribution is -2.42. The molecule has 16 heavy (non-hydrogen) atoms. The molecular weight excluding hydrogens is 245 g/mol. The van der Waals surface area contributed by atoms with Crippen LogP contribution in [0.5, 0.6) is 0 Å². The Kier molecular flexibility index (Phi) is 4.00. The van der Waals surface area contributed by atoms with Gasteiger partial charge in [0.1, 0.15) is 0 Å². The van der Waals surface area contributed by atoms with Gasteiger partial charge in [0.2, 0.25) is 0 Å². The third-order valence-electron chi connectivity index (χ3n) is 2.42. The van der Waals surface area contributed by atoms with Gasteiger partial charge >= 0.3 is 0 Å². The highest BCUT2D eigenvalue weighted by Gasteiger charge is 2.28. The normalized spacial score (nSPS) is 13.6. The summed E-state index contributed by atoms with van der Waals surface area (Å²) in [6.45, 7) is 5.77. The summed E-state index contributed by atoms with van der Waals surface area (Å²) in [6.07, 6.45) is 0. The van der Waals surface area contributed by atoms with Crippen molar-refractivity contribution in [3.63, 3.8) is 0 Å². The Labute approximate surface area is 106 Å². The summed E-state index contributed by atoms with van der Waals surface area (Å²) in [7, 11) is 0. The van der Waals surface area contributed by atoms with Crippen molar-refractivity contribution >= 4 is 29.0 Å². The number of ketones is 1. The number of carbonyl (C=O) groups is 1. The number of halogens is 2. The summed E-state index contributed by atoms with van der Waals surface area (Å²) in [5.74, 6) is -0.119. The summed E-state index contributed by atoms with van der Waals surface area (Å²) in [6, 6.07) is 4.25. The summed E-state index contributed by atoms with van der Waals surface area (Å²) in [4.78, 5) is 12.0. The van der Waals surface area contributed by atoms with Crippen LogP contribution in [0.25, 0.3) is 0 Å². The molecule has 0 saturated heterocycles. The number of benzene rings is 1. The van der Waals surface area contributed by atoms with Gasteiger partial charge in [0, 0.05) is 5.56 Å². The number of nitrogens with two attached hydrogens (primary N) is 1. The summed E-state index contributed by atoms with van der Waals surface area (Å²) in [5, 5.41) is 0.802. The molecule has 0 aliphatic heterocycles. The lowest BCUT2D eigenvalue weighted by Gasteiger charge is -2.25. The second kappa shape index (κ2) is 4.74. The van der Waals surface area contributed by atoms with Crippen LogP contribution >= 0.6 is 23.2 Å². The van der Waals surface area contributed by atoms with Crippen molar-refractivity contribution in [1.29, 1.82) is 0 Å². The Morgan fingerprint density at radius 3 is 2.25 bits per heavy atom. The van der Waals surface area contributed by atoms with Gasteiger partial charge in [0.05, 0.1) is 16.1 Å². The Morgan fingerprint density at radius 2 is 1.81 bits per heavy atom. The molecule has 0 radical (unpaired) electrons. The second-order valence-electron chi connectivity index (χ2n) is 4.84. The van der Waals surface area contributed by atoms with Gasteiger partial charge in [-0.25, -0.2) is 0 Å². The zero-order chi connectivity index (χ0) is 12.5. The molecule has 4 heteroatoms. The Balaban J connectivity index is 3.02. The first-order chi connectivity index (χ1) is 7.23. The van der Waals surface area contributed by atoms with Gasteiger partial charge in [0.25, 0.3) is 0 Å². The Bertz CT molecular complexity index is 410. The molecule has 1 rings (SSSR count). The van der Waals surface area contributed by atoms with Crippen LogP contribution < -0.4 is 5.73 Å². The lowest BCUT2D eigenvalue weighted by molar-refractivity contribution is 0.0901. The topological polar surface area (TPSA) is 43.1 Å². The van der Waals surface area contributed by atoms with Crippen molar-refractivity contribution in [3.05, 3.63) is 33.8 Å². The van der Waals surface area contributed by atoms with Crippen molar-refractivity contribution in [2.45, 2.75) is 26.8 Å². The van der Waals surface area contributed by atoms with Gasteiger partial charge in [-0.05, 0) is 23.6 Å². The third-order valence-corrected chi connectivity index (χ3v) is 3.16. The van der Waals surface area contributed by atoms with Crippen LogP contribution in [0, 0.1) is 5.41 Å². The SMILES string of the molecule is CC(C)(C)C(N)C(=O)c1ccc(Cl)c(Cl)c1. The molecule has 0 spiro atoms. The van der Waals surface area contributed by atoms with Crippen molar-refractivity contribution in [3.8, 4) is 0 Å². The molecule has 2 nitrogen and oxygen atoms in total. The Hall–Kier alpha value is -0.570. The van der Waals surface area contributed by atoms with Crippen LogP contribution in [0.2, 0.25) is 10.0 Å². The maximum absolute atomic E-state index is 12.0. The quantitative estimate of drug-likeness (QED) is 0.826. The molecule has 0 bridgehead atoms. The lowest BCUT2D eigenvalue weighted by atomic mass is 9.83. The van der Waals surface area contributed by atoms with Crippen LogP contribution in [-0.4, -0.2) is 11.8 Å². The predicted octanol–water partition coefficient (Wildman–Crippen LogP) is 3.55. The average molecular weight is 260 g/mol. The molecule has 1 unspecified atom stereocenters. The van der Waals surface area contributed by atoms with Crippen molar-refractivity contribution in [2.75, 3.05) is 0 Å². The molecule has 0 aliphatic rings. The zero-order valence-electron chi connectivity index (χ0n) is 9.55. The van der Waals surface area contributed by atoms with E-state index in [1.165, 1.54) is 0 Å². The number of Topliss-reactive ketones (excluding diaryl/α,β-unsaturated/α-hetero) is 1. The maximum atomic E-state index is 12.0. The van der Waals surface area contributed by atoms with Gasteiger partial charge in [-0.2, -0.15) is 0 Å². The van der Waals surface area contributed by atoms with Crippen LogP contribution in [0.3, 0.4) is 0 Å². The molecule has 1 atom stereocenters.